The van der Waals surface area contributed by atoms with E-state index in [2.05, 4.69) is 26.4 Å². The fraction of sp³-hybridized carbons (Fsp3) is 0.800. The van der Waals surface area contributed by atoms with E-state index in [1.54, 1.807) is 7.11 Å². The molecule has 6 nitrogen and oxygen atoms in total. The summed E-state index contributed by atoms with van der Waals surface area (Å²) in [5, 5.41) is 7.83. The van der Waals surface area contributed by atoms with Crippen LogP contribution in [0.15, 0.2) is 12.4 Å². The van der Waals surface area contributed by atoms with Crippen LogP contribution in [0.1, 0.15) is 12.0 Å². The number of aromatic nitrogens is 2. The summed E-state index contributed by atoms with van der Waals surface area (Å²) in [6, 6.07) is 0.746. The van der Waals surface area contributed by atoms with Gasteiger partial charge in [0.1, 0.15) is 0 Å². The van der Waals surface area contributed by atoms with E-state index in [4.69, 9.17) is 4.74 Å². The minimum Gasteiger partial charge on any atom is -0.383 e. The van der Waals surface area contributed by atoms with Gasteiger partial charge in [-0.15, -0.1) is 12.4 Å². The Morgan fingerprint density at radius 3 is 2.91 bits per heavy atom. The van der Waals surface area contributed by atoms with Crippen molar-refractivity contribution < 1.29 is 4.74 Å². The van der Waals surface area contributed by atoms with E-state index in [0.717, 1.165) is 38.8 Å². The van der Waals surface area contributed by atoms with Gasteiger partial charge in [-0.1, -0.05) is 0 Å². The smallest absolute Gasteiger partial charge is 0.0658 e. The van der Waals surface area contributed by atoms with Crippen LogP contribution in [0.3, 0.4) is 0 Å². The molecule has 1 aromatic heterocycles. The molecule has 0 radical (unpaired) electrons. The fourth-order valence-corrected chi connectivity index (χ4v) is 3.35. The summed E-state index contributed by atoms with van der Waals surface area (Å²) in [6.45, 7) is 9.67. The van der Waals surface area contributed by atoms with Crippen molar-refractivity contribution in [3.05, 3.63) is 18.0 Å². The van der Waals surface area contributed by atoms with Gasteiger partial charge in [-0.25, -0.2) is 0 Å². The zero-order chi connectivity index (χ0) is 14.5. The maximum Gasteiger partial charge on any atom is 0.0658 e. The second-order valence-electron chi connectivity index (χ2n) is 6.07. The Bertz CT molecular complexity index is 435. The highest BCUT2D eigenvalue weighted by atomic mass is 35.5. The van der Waals surface area contributed by atoms with Crippen LogP contribution in [0, 0.1) is 0 Å². The molecule has 22 heavy (non-hydrogen) atoms. The molecule has 3 rings (SSSR count). The molecule has 1 N–H and O–H groups in total. The van der Waals surface area contributed by atoms with Crippen LogP contribution in [-0.4, -0.2) is 78.6 Å². The first-order valence-electron chi connectivity index (χ1n) is 8.02. The molecule has 1 unspecified atom stereocenters. The van der Waals surface area contributed by atoms with Gasteiger partial charge < -0.3 is 10.1 Å². The minimum atomic E-state index is 0. The third-order valence-electron chi connectivity index (χ3n) is 4.53. The lowest BCUT2D eigenvalue weighted by Gasteiger charge is -2.32. The van der Waals surface area contributed by atoms with Gasteiger partial charge in [-0.2, -0.15) is 5.10 Å². The lowest BCUT2D eigenvalue weighted by atomic mass is 10.2. The molecule has 2 aliphatic heterocycles. The van der Waals surface area contributed by atoms with Gasteiger partial charge in [0.25, 0.3) is 0 Å². The van der Waals surface area contributed by atoms with Gasteiger partial charge in [-0.3, -0.25) is 14.5 Å². The Balaban J connectivity index is 0.00000176. The molecule has 2 aliphatic rings. The van der Waals surface area contributed by atoms with Gasteiger partial charge in [0.05, 0.1) is 19.3 Å². The molecule has 7 heteroatoms. The number of likely N-dealkylation sites (tertiary alicyclic amines) is 1. The molecular formula is C15H28ClN5O. The van der Waals surface area contributed by atoms with Gasteiger partial charge in [0, 0.05) is 70.7 Å². The van der Waals surface area contributed by atoms with E-state index >= 15 is 0 Å². The number of nitrogens with zero attached hydrogens (tertiary/aromatic N) is 4. The van der Waals surface area contributed by atoms with Crippen molar-refractivity contribution >= 4 is 12.4 Å². The van der Waals surface area contributed by atoms with Crippen LogP contribution >= 0.6 is 12.4 Å². The second kappa shape index (κ2) is 8.84. The number of rotatable bonds is 6. The number of methoxy groups -OCH3 is 1. The van der Waals surface area contributed by atoms with Crippen LogP contribution in [0.25, 0.3) is 0 Å². The summed E-state index contributed by atoms with van der Waals surface area (Å²) < 4.78 is 7.06. The number of halogens is 1. The molecule has 2 saturated heterocycles. The van der Waals surface area contributed by atoms with E-state index < -0.39 is 0 Å². The Kier molecular flexibility index (Phi) is 7.11. The van der Waals surface area contributed by atoms with Crippen molar-refractivity contribution in [3.63, 3.8) is 0 Å². The molecule has 0 aliphatic carbocycles. The Morgan fingerprint density at radius 1 is 1.32 bits per heavy atom. The molecule has 0 spiro atoms. The molecule has 1 aromatic rings. The molecule has 0 amide bonds. The number of nitrogens with one attached hydrogen (secondary N) is 1. The number of hydrogen-bond donors (Lipinski definition) is 1. The fourth-order valence-electron chi connectivity index (χ4n) is 3.35. The van der Waals surface area contributed by atoms with Gasteiger partial charge in [0.2, 0.25) is 0 Å². The molecule has 0 bridgehead atoms. The molecule has 0 aromatic carbocycles. The molecular weight excluding hydrogens is 302 g/mol. The lowest BCUT2D eigenvalue weighted by molar-refractivity contribution is 0.170. The predicted octanol–water partition coefficient (Wildman–Crippen LogP) is 0.431. The van der Waals surface area contributed by atoms with Crippen LogP contribution in [0.2, 0.25) is 0 Å². The first-order valence-corrected chi connectivity index (χ1v) is 8.02. The van der Waals surface area contributed by atoms with Gasteiger partial charge in [-0.05, 0) is 6.42 Å². The third kappa shape index (κ3) is 4.67. The van der Waals surface area contributed by atoms with Crippen molar-refractivity contribution in [2.45, 2.75) is 25.6 Å². The largest absolute Gasteiger partial charge is 0.383 e. The zero-order valence-electron chi connectivity index (χ0n) is 13.4. The van der Waals surface area contributed by atoms with E-state index in [1.165, 1.54) is 38.2 Å². The summed E-state index contributed by atoms with van der Waals surface area (Å²) in [7, 11) is 1.73. The van der Waals surface area contributed by atoms with Crippen molar-refractivity contribution in [1.29, 1.82) is 0 Å². The maximum absolute atomic E-state index is 5.09. The van der Waals surface area contributed by atoms with Crippen LogP contribution in [-0.2, 0) is 17.8 Å². The quantitative estimate of drug-likeness (QED) is 0.820. The summed E-state index contributed by atoms with van der Waals surface area (Å²) in [5.41, 5.74) is 1.31. The first-order chi connectivity index (χ1) is 10.3. The minimum absolute atomic E-state index is 0. The number of piperazine rings is 1. The van der Waals surface area contributed by atoms with Crippen LogP contribution in [0.5, 0.6) is 0 Å². The van der Waals surface area contributed by atoms with Crippen molar-refractivity contribution in [2.24, 2.45) is 0 Å². The standard InChI is InChI=1S/C15H27N5O.ClH/c1-21-9-8-20-12-14(10-17-20)11-18-5-2-15(13-18)19-6-3-16-4-7-19;/h10,12,15-16H,2-9,11,13H2,1H3;1H. The number of hydrogen-bond acceptors (Lipinski definition) is 5. The normalized spacial score (nSPS) is 23.6. The molecule has 0 saturated carbocycles. The van der Waals surface area contributed by atoms with Crippen LogP contribution in [0.4, 0.5) is 0 Å². The summed E-state index contributed by atoms with van der Waals surface area (Å²) in [6.07, 6.45) is 5.45. The first kappa shape index (κ1) is 17.7. The highest BCUT2D eigenvalue weighted by Gasteiger charge is 2.28. The van der Waals surface area contributed by atoms with E-state index in [0.29, 0.717) is 0 Å². The highest BCUT2D eigenvalue weighted by molar-refractivity contribution is 5.85. The highest BCUT2D eigenvalue weighted by Crippen LogP contribution is 2.18. The van der Waals surface area contributed by atoms with Crippen molar-refractivity contribution in [3.8, 4) is 0 Å². The predicted molar refractivity (Wildman–Crippen MR) is 89.5 cm³/mol. The average Bonchev–Trinajstić information content (AvgIpc) is 3.16. The number of ether oxygens (including phenoxy) is 1. The Morgan fingerprint density at radius 2 is 2.14 bits per heavy atom. The molecule has 1 atom stereocenters. The molecule has 126 valence electrons. The topological polar surface area (TPSA) is 45.6 Å². The van der Waals surface area contributed by atoms with Crippen molar-refractivity contribution in [1.82, 2.24) is 24.9 Å². The molecule has 3 heterocycles. The van der Waals surface area contributed by atoms with Gasteiger partial charge in [0.15, 0.2) is 0 Å². The lowest BCUT2D eigenvalue weighted by Crippen LogP contribution is -2.49. The third-order valence-corrected chi connectivity index (χ3v) is 4.53. The summed E-state index contributed by atoms with van der Waals surface area (Å²) >= 11 is 0. The Hall–Kier alpha value is -0.660. The van der Waals surface area contributed by atoms with E-state index in [-0.39, 0.29) is 12.4 Å². The van der Waals surface area contributed by atoms with Crippen molar-refractivity contribution in [2.75, 3.05) is 53.0 Å². The maximum atomic E-state index is 5.09. The van der Waals surface area contributed by atoms with E-state index in [9.17, 15) is 0 Å². The Labute approximate surface area is 139 Å². The van der Waals surface area contributed by atoms with Crippen LogP contribution < -0.4 is 5.32 Å². The average molecular weight is 330 g/mol. The molecule has 2 fully saturated rings. The SMILES string of the molecule is COCCn1cc(CN2CCC(N3CCNCC3)C2)cn1.Cl. The zero-order valence-corrected chi connectivity index (χ0v) is 14.2. The summed E-state index contributed by atoms with van der Waals surface area (Å²) in [5.74, 6) is 0. The summed E-state index contributed by atoms with van der Waals surface area (Å²) in [4.78, 5) is 5.21. The second-order valence-corrected chi connectivity index (χ2v) is 6.07. The van der Waals surface area contributed by atoms with E-state index in [1.807, 2.05) is 10.9 Å². The van der Waals surface area contributed by atoms with Gasteiger partial charge >= 0.3 is 0 Å². The monoisotopic (exact) mass is 329 g/mol.